The van der Waals surface area contributed by atoms with Gasteiger partial charge in [0, 0.05) is 12.2 Å². The molecule has 1 aliphatic rings. The van der Waals surface area contributed by atoms with E-state index in [-0.39, 0.29) is 41.1 Å². The molecule has 1 aliphatic heterocycles. The molecule has 9 heteroatoms. The summed E-state index contributed by atoms with van der Waals surface area (Å²) in [5, 5.41) is 0. The molecule has 1 atom stereocenters. The minimum absolute atomic E-state index is 0.0435. The molecule has 44 heavy (non-hydrogen) atoms. The smallest absolute Gasteiger partial charge is 0.340 e. The first kappa shape index (κ1) is 30.7. The van der Waals surface area contributed by atoms with Crippen LogP contribution in [-0.2, 0) is 37.4 Å². The standard InChI is InChI=1S/C35H34N2O6S/c1-24-15-19-31(20-16-24)44(40,41)36(22-27-11-7-5-8-12-27)23-30-18-17-29(43-30)21-32-33(35(39)42-4)26(3)37(34(32)38)25(2)28-13-9-6-10-14-28/h5-21,25H,22-23H2,1-4H3/b32-21+/t25-/m1/s1. The first-order valence-corrected chi connectivity index (χ1v) is 15.6. The minimum Gasteiger partial charge on any atom is -0.465 e. The lowest BCUT2D eigenvalue weighted by atomic mass is 10.1. The Kier molecular flexibility index (Phi) is 8.98. The number of nitrogens with zero attached hydrogens (tertiary/aromatic N) is 2. The number of allylic oxidation sites excluding steroid dienone is 1. The van der Waals surface area contributed by atoms with Gasteiger partial charge >= 0.3 is 5.97 Å². The number of carbonyl (C=O) groups is 2. The van der Waals surface area contributed by atoms with Gasteiger partial charge < -0.3 is 14.1 Å². The van der Waals surface area contributed by atoms with E-state index in [1.165, 1.54) is 17.5 Å². The van der Waals surface area contributed by atoms with Crippen LogP contribution in [-0.4, -0.2) is 36.6 Å². The minimum atomic E-state index is -3.88. The average molecular weight is 611 g/mol. The highest BCUT2D eigenvalue weighted by Gasteiger charge is 2.40. The quantitative estimate of drug-likeness (QED) is 0.152. The van der Waals surface area contributed by atoms with Crippen molar-refractivity contribution in [2.45, 2.75) is 44.8 Å². The summed E-state index contributed by atoms with van der Waals surface area (Å²) in [6.07, 6.45) is 1.51. The molecular formula is C35H34N2O6S. The summed E-state index contributed by atoms with van der Waals surface area (Å²) in [7, 11) is -2.61. The number of hydrogen-bond acceptors (Lipinski definition) is 6. The van der Waals surface area contributed by atoms with E-state index in [9.17, 15) is 18.0 Å². The van der Waals surface area contributed by atoms with E-state index < -0.39 is 16.0 Å². The molecule has 1 aromatic heterocycles. The first-order chi connectivity index (χ1) is 21.1. The van der Waals surface area contributed by atoms with E-state index in [1.807, 2.05) is 74.5 Å². The Morgan fingerprint density at radius 2 is 1.55 bits per heavy atom. The van der Waals surface area contributed by atoms with Gasteiger partial charge in [0.25, 0.3) is 5.91 Å². The van der Waals surface area contributed by atoms with Crippen LogP contribution in [0, 0.1) is 6.92 Å². The lowest BCUT2D eigenvalue weighted by Gasteiger charge is -2.26. The van der Waals surface area contributed by atoms with Crippen molar-refractivity contribution in [1.82, 2.24) is 9.21 Å². The van der Waals surface area contributed by atoms with Crippen LogP contribution >= 0.6 is 0 Å². The molecule has 0 bridgehead atoms. The van der Waals surface area contributed by atoms with Crippen molar-refractivity contribution in [3.05, 3.63) is 142 Å². The van der Waals surface area contributed by atoms with Crippen molar-refractivity contribution in [2.24, 2.45) is 0 Å². The van der Waals surface area contributed by atoms with Crippen LogP contribution in [0.3, 0.4) is 0 Å². The molecule has 0 saturated carbocycles. The molecule has 0 N–H and O–H groups in total. The highest BCUT2D eigenvalue weighted by Crippen LogP contribution is 2.37. The van der Waals surface area contributed by atoms with Gasteiger partial charge in [0.1, 0.15) is 11.5 Å². The Morgan fingerprint density at radius 3 is 2.18 bits per heavy atom. The number of amides is 1. The number of aryl methyl sites for hydroxylation is 1. The number of rotatable bonds is 10. The van der Waals surface area contributed by atoms with E-state index in [4.69, 9.17) is 9.15 Å². The average Bonchev–Trinajstić information content (AvgIpc) is 3.57. The third-order valence-electron chi connectivity index (χ3n) is 7.66. The summed E-state index contributed by atoms with van der Waals surface area (Å²) < 4.78 is 40.0. The fraction of sp³-hybridized carbons (Fsp3) is 0.200. The number of carbonyl (C=O) groups excluding carboxylic acids is 2. The molecule has 5 rings (SSSR count). The number of sulfonamides is 1. The normalized spacial score (nSPS) is 15.3. The Morgan fingerprint density at radius 1 is 0.909 bits per heavy atom. The third kappa shape index (κ3) is 6.29. The second kappa shape index (κ2) is 12.9. The summed E-state index contributed by atoms with van der Waals surface area (Å²) in [5.41, 5.74) is 3.48. The second-order valence-electron chi connectivity index (χ2n) is 10.6. The van der Waals surface area contributed by atoms with Crippen LogP contribution in [0.5, 0.6) is 0 Å². The number of esters is 1. The Labute approximate surface area is 257 Å². The zero-order chi connectivity index (χ0) is 31.4. The Balaban J connectivity index is 1.47. The number of methoxy groups -OCH3 is 1. The van der Waals surface area contributed by atoms with Gasteiger partial charge in [-0.3, -0.25) is 4.79 Å². The van der Waals surface area contributed by atoms with Crippen molar-refractivity contribution < 1.29 is 27.2 Å². The summed E-state index contributed by atoms with van der Waals surface area (Å²) in [6, 6.07) is 28.6. The van der Waals surface area contributed by atoms with E-state index in [1.54, 1.807) is 48.2 Å². The first-order valence-electron chi connectivity index (χ1n) is 14.2. The molecule has 2 heterocycles. The Bertz CT molecular complexity index is 1820. The summed E-state index contributed by atoms with van der Waals surface area (Å²) in [4.78, 5) is 28.4. The monoisotopic (exact) mass is 610 g/mol. The zero-order valence-electron chi connectivity index (χ0n) is 25.1. The molecular weight excluding hydrogens is 576 g/mol. The molecule has 0 aliphatic carbocycles. The molecule has 0 unspecified atom stereocenters. The third-order valence-corrected chi connectivity index (χ3v) is 9.47. The molecule has 8 nitrogen and oxygen atoms in total. The lowest BCUT2D eigenvalue weighted by molar-refractivity contribution is -0.136. The van der Waals surface area contributed by atoms with Crippen LogP contribution in [0.15, 0.2) is 123 Å². The van der Waals surface area contributed by atoms with Crippen LogP contribution in [0.4, 0.5) is 0 Å². The molecule has 0 spiro atoms. The maximum atomic E-state index is 13.7. The van der Waals surface area contributed by atoms with Crippen molar-refractivity contribution in [1.29, 1.82) is 0 Å². The summed E-state index contributed by atoms with van der Waals surface area (Å²) in [6.45, 7) is 5.60. The van der Waals surface area contributed by atoms with Crippen molar-refractivity contribution in [2.75, 3.05) is 7.11 Å². The van der Waals surface area contributed by atoms with Gasteiger partial charge in [0.05, 0.1) is 35.7 Å². The van der Waals surface area contributed by atoms with E-state index in [0.717, 1.165) is 16.7 Å². The molecule has 226 valence electrons. The molecule has 1 amide bonds. The van der Waals surface area contributed by atoms with Gasteiger partial charge in [0.15, 0.2) is 0 Å². The highest BCUT2D eigenvalue weighted by molar-refractivity contribution is 7.89. The van der Waals surface area contributed by atoms with Gasteiger partial charge in [-0.15, -0.1) is 0 Å². The number of hydrogen-bond donors (Lipinski definition) is 0. The SMILES string of the molecule is COC(=O)C1=C(C)N([C@H](C)c2ccccc2)C(=O)/C1=C/c1ccc(CN(Cc2ccccc2)S(=O)(=O)c2ccc(C)cc2)o1. The largest absolute Gasteiger partial charge is 0.465 e. The van der Waals surface area contributed by atoms with E-state index in [2.05, 4.69) is 0 Å². The molecule has 4 aromatic rings. The molecule has 0 fully saturated rings. The summed E-state index contributed by atoms with van der Waals surface area (Å²) >= 11 is 0. The van der Waals surface area contributed by atoms with E-state index >= 15 is 0 Å². The lowest BCUT2D eigenvalue weighted by Crippen LogP contribution is -2.30. The van der Waals surface area contributed by atoms with Crippen LogP contribution in [0.2, 0.25) is 0 Å². The maximum absolute atomic E-state index is 13.7. The van der Waals surface area contributed by atoms with Crippen molar-refractivity contribution in [3.8, 4) is 0 Å². The number of benzene rings is 3. The second-order valence-corrected chi connectivity index (χ2v) is 12.6. The van der Waals surface area contributed by atoms with Crippen LogP contribution < -0.4 is 0 Å². The number of ether oxygens (including phenoxy) is 1. The molecule has 0 saturated heterocycles. The fourth-order valence-electron chi connectivity index (χ4n) is 5.29. The van der Waals surface area contributed by atoms with Gasteiger partial charge in [-0.2, -0.15) is 4.31 Å². The van der Waals surface area contributed by atoms with Gasteiger partial charge in [-0.1, -0.05) is 78.4 Å². The van der Waals surface area contributed by atoms with E-state index in [0.29, 0.717) is 17.2 Å². The Hall–Kier alpha value is -4.73. The highest BCUT2D eigenvalue weighted by atomic mass is 32.2. The van der Waals surface area contributed by atoms with Gasteiger partial charge in [-0.05, 0) is 62.2 Å². The predicted molar refractivity (Wildman–Crippen MR) is 167 cm³/mol. The van der Waals surface area contributed by atoms with Gasteiger partial charge in [0.2, 0.25) is 10.0 Å². The molecule has 0 radical (unpaired) electrons. The van der Waals surface area contributed by atoms with Gasteiger partial charge in [-0.25, -0.2) is 13.2 Å². The van der Waals surface area contributed by atoms with Crippen LogP contribution in [0.25, 0.3) is 6.08 Å². The van der Waals surface area contributed by atoms with Crippen molar-refractivity contribution >= 4 is 28.0 Å². The van der Waals surface area contributed by atoms with Crippen LogP contribution in [0.1, 0.15) is 48.1 Å². The maximum Gasteiger partial charge on any atom is 0.340 e. The molecule has 3 aromatic carbocycles. The predicted octanol–water partition coefficient (Wildman–Crippen LogP) is 6.41. The fourth-order valence-corrected chi connectivity index (χ4v) is 6.68. The zero-order valence-corrected chi connectivity index (χ0v) is 25.9. The number of furan rings is 1. The summed E-state index contributed by atoms with van der Waals surface area (Å²) in [5.74, 6) is -0.303. The van der Waals surface area contributed by atoms with Crippen molar-refractivity contribution in [3.63, 3.8) is 0 Å². The topological polar surface area (TPSA) is 97.1 Å².